The second-order valence-corrected chi connectivity index (χ2v) is 3.30. The number of ether oxygens (including phenoxy) is 1. The molecular weight excluding hydrogens is 170 g/mol. The van der Waals surface area contributed by atoms with Crippen LogP contribution in [0.4, 0.5) is 0 Å². The Bertz CT molecular complexity index is 272. The van der Waals surface area contributed by atoms with Gasteiger partial charge in [0.05, 0.1) is 12.2 Å². The fourth-order valence-electron chi connectivity index (χ4n) is 1.73. The largest absolute Gasteiger partial charge is 0.489 e. The molecule has 0 spiro atoms. The standard InChI is InChI=1S/C9H11NO3/c11-7-3-5-13-8(7)6-2-1-4-10-9(6)12/h3,5-6,8H,1-2,4H2,(H,10,12). The summed E-state index contributed by atoms with van der Waals surface area (Å²) in [5.41, 5.74) is 0. The third-order valence-corrected chi connectivity index (χ3v) is 2.43. The van der Waals surface area contributed by atoms with Crippen LogP contribution in [-0.4, -0.2) is 24.3 Å². The fourth-order valence-corrected chi connectivity index (χ4v) is 1.73. The van der Waals surface area contributed by atoms with Crippen LogP contribution >= 0.6 is 0 Å². The third kappa shape index (κ3) is 1.43. The maximum absolute atomic E-state index is 11.4. The van der Waals surface area contributed by atoms with Crippen molar-refractivity contribution in [1.29, 1.82) is 0 Å². The minimum Gasteiger partial charge on any atom is -0.489 e. The zero-order valence-electron chi connectivity index (χ0n) is 7.16. The summed E-state index contributed by atoms with van der Waals surface area (Å²) >= 11 is 0. The van der Waals surface area contributed by atoms with Gasteiger partial charge in [-0.05, 0) is 12.8 Å². The lowest BCUT2D eigenvalue weighted by molar-refractivity contribution is -0.136. The summed E-state index contributed by atoms with van der Waals surface area (Å²) in [6, 6.07) is 0. The van der Waals surface area contributed by atoms with Gasteiger partial charge in [-0.15, -0.1) is 0 Å². The van der Waals surface area contributed by atoms with E-state index in [4.69, 9.17) is 4.74 Å². The number of ketones is 1. The molecule has 1 fully saturated rings. The maximum atomic E-state index is 11.4. The van der Waals surface area contributed by atoms with Gasteiger partial charge in [0.1, 0.15) is 0 Å². The molecule has 2 atom stereocenters. The van der Waals surface area contributed by atoms with Crippen LogP contribution in [-0.2, 0) is 14.3 Å². The van der Waals surface area contributed by atoms with E-state index in [0.29, 0.717) is 6.54 Å². The van der Waals surface area contributed by atoms with Crippen LogP contribution in [0.25, 0.3) is 0 Å². The molecule has 2 heterocycles. The molecule has 0 radical (unpaired) electrons. The van der Waals surface area contributed by atoms with E-state index in [1.165, 1.54) is 12.3 Å². The summed E-state index contributed by atoms with van der Waals surface area (Å²) in [7, 11) is 0. The monoisotopic (exact) mass is 181 g/mol. The zero-order valence-corrected chi connectivity index (χ0v) is 7.16. The molecule has 2 aliphatic heterocycles. The average molecular weight is 181 g/mol. The predicted molar refractivity (Wildman–Crippen MR) is 44.8 cm³/mol. The van der Waals surface area contributed by atoms with Crippen molar-refractivity contribution in [2.45, 2.75) is 18.9 Å². The summed E-state index contributed by atoms with van der Waals surface area (Å²) in [6.07, 6.45) is 3.84. The predicted octanol–water partition coefficient (Wildman–Crippen LogP) is -0.00580. The summed E-state index contributed by atoms with van der Waals surface area (Å²) in [4.78, 5) is 22.6. The van der Waals surface area contributed by atoms with Crippen molar-refractivity contribution in [3.05, 3.63) is 12.3 Å². The van der Waals surface area contributed by atoms with Crippen molar-refractivity contribution in [2.75, 3.05) is 6.54 Å². The molecule has 4 nitrogen and oxygen atoms in total. The van der Waals surface area contributed by atoms with Crippen LogP contribution in [0.3, 0.4) is 0 Å². The number of carbonyl (C=O) groups excluding carboxylic acids is 2. The Kier molecular flexibility index (Phi) is 2.04. The molecule has 1 amide bonds. The molecule has 2 unspecified atom stereocenters. The van der Waals surface area contributed by atoms with E-state index in [-0.39, 0.29) is 17.6 Å². The minimum absolute atomic E-state index is 0.0618. The molecular formula is C9H11NO3. The van der Waals surface area contributed by atoms with Gasteiger partial charge < -0.3 is 10.1 Å². The van der Waals surface area contributed by atoms with E-state index >= 15 is 0 Å². The van der Waals surface area contributed by atoms with Crippen LogP contribution < -0.4 is 5.32 Å². The molecule has 4 heteroatoms. The van der Waals surface area contributed by atoms with Gasteiger partial charge in [-0.2, -0.15) is 0 Å². The first-order chi connectivity index (χ1) is 6.29. The smallest absolute Gasteiger partial charge is 0.227 e. The maximum Gasteiger partial charge on any atom is 0.227 e. The molecule has 0 aromatic heterocycles. The molecule has 0 saturated carbocycles. The SMILES string of the molecule is O=C1NCCCC1C1OC=CC1=O. The van der Waals surface area contributed by atoms with Crippen LogP contribution in [0.5, 0.6) is 0 Å². The van der Waals surface area contributed by atoms with Crippen LogP contribution in [0.15, 0.2) is 12.3 Å². The fraction of sp³-hybridized carbons (Fsp3) is 0.556. The van der Waals surface area contributed by atoms with Gasteiger partial charge >= 0.3 is 0 Å². The topological polar surface area (TPSA) is 55.4 Å². The van der Waals surface area contributed by atoms with Crippen LogP contribution in [0, 0.1) is 5.92 Å². The van der Waals surface area contributed by atoms with Gasteiger partial charge in [0.25, 0.3) is 0 Å². The van der Waals surface area contributed by atoms with Crippen molar-refractivity contribution in [3.8, 4) is 0 Å². The molecule has 0 aromatic carbocycles. The quantitative estimate of drug-likeness (QED) is 0.619. The molecule has 0 aromatic rings. The lowest BCUT2D eigenvalue weighted by Gasteiger charge is -2.25. The molecule has 70 valence electrons. The Morgan fingerprint density at radius 2 is 2.31 bits per heavy atom. The number of nitrogens with one attached hydrogen (secondary N) is 1. The molecule has 13 heavy (non-hydrogen) atoms. The second kappa shape index (κ2) is 3.20. The normalized spacial score (nSPS) is 32.9. The Morgan fingerprint density at radius 3 is 2.92 bits per heavy atom. The van der Waals surface area contributed by atoms with Gasteiger partial charge in [-0.25, -0.2) is 0 Å². The Labute approximate surface area is 75.9 Å². The van der Waals surface area contributed by atoms with E-state index < -0.39 is 6.10 Å². The molecule has 0 bridgehead atoms. The summed E-state index contributed by atoms with van der Waals surface area (Å²) in [5, 5.41) is 2.73. The Morgan fingerprint density at radius 1 is 1.46 bits per heavy atom. The van der Waals surface area contributed by atoms with Crippen molar-refractivity contribution in [2.24, 2.45) is 5.92 Å². The first-order valence-corrected chi connectivity index (χ1v) is 4.42. The molecule has 2 rings (SSSR count). The van der Waals surface area contributed by atoms with Gasteiger partial charge in [-0.1, -0.05) is 0 Å². The first kappa shape index (κ1) is 8.29. The minimum atomic E-state index is -0.569. The first-order valence-electron chi connectivity index (χ1n) is 4.42. The van der Waals surface area contributed by atoms with Crippen molar-refractivity contribution >= 4 is 11.7 Å². The average Bonchev–Trinajstić information content (AvgIpc) is 2.52. The Balaban J connectivity index is 2.07. The van der Waals surface area contributed by atoms with Gasteiger partial charge in [0, 0.05) is 12.6 Å². The molecule has 1 saturated heterocycles. The van der Waals surface area contributed by atoms with E-state index in [0.717, 1.165) is 12.8 Å². The highest BCUT2D eigenvalue weighted by Gasteiger charge is 2.37. The van der Waals surface area contributed by atoms with Crippen molar-refractivity contribution in [1.82, 2.24) is 5.32 Å². The van der Waals surface area contributed by atoms with E-state index in [1.54, 1.807) is 0 Å². The highest BCUT2D eigenvalue weighted by atomic mass is 16.5. The zero-order chi connectivity index (χ0) is 9.26. The lowest BCUT2D eigenvalue weighted by Crippen LogP contribution is -2.44. The number of piperidine rings is 1. The van der Waals surface area contributed by atoms with Crippen molar-refractivity contribution < 1.29 is 14.3 Å². The van der Waals surface area contributed by atoms with E-state index in [9.17, 15) is 9.59 Å². The highest BCUT2D eigenvalue weighted by molar-refractivity contribution is 5.98. The number of hydrogen-bond acceptors (Lipinski definition) is 3. The summed E-state index contributed by atoms with van der Waals surface area (Å²) in [5.74, 6) is -0.452. The second-order valence-electron chi connectivity index (χ2n) is 3.30. The summed E-state index contributed by atoms with van der Waals surface area (Å²) < 4.78 is 5.08. The van der Waals surface area contributed by atoms with Crippen LogP contribution in [0.1, 0.15) is 12.8 Å². The van der Waals surface area contributed by atoms with Crippen LogP contribution in [0.2, 0.25) is 0 Å². The van der Waals surface area contributed by atoms with Gasteiger partial charge in [0.15, 0.2) is 11.9 Å². The number of hydrogen-bond donors (Lipinski definition) is 1. The van der Waals surface area contributed by atoms with E-state index in [2.05, 4.69) is 5.32 Å². The summed E-state index contributed by atoms with van der Waals surface area (Å²) in [6.45, 7) is 0.712. The lowest BCUT2D eigenvalue weighted by atomic mass is 9.91. The highest BCUT2D eigenvalue weighted by Crippen LogP contribution is 2.22. The Hall–Kier alpha value is -1.32. The third-order valence-electron chi connectivity index (χ3n) is 2.43. The van der Waals surface area contributed by atoms with Crippen molar-refractivity contribution in [3.63, 3.8) is 0 Å². The number of rotatable bonds is 1. The molecule has 2 aliphatic rings. The van der Waals surface area contributed by atoms with E-state index in [1.807, 2.05) is 0 Å². The van der Waals surface area contributed by atoms with Gasteiger partial charge in [-0.3, -0.25) is 9.59 Å². The number of amides is 1. The molecule has 1 N–H and O–H groups in total. The molecule has 0 aliphatic carbocycles. The van der Waals surface area contributed by atoms with Gasteiger partial charge in [0.2, 0.25) is 5.91 Å². The number of carbonyl (C=O) groups is 2.